The molecule has 1 N–H and O–H groups in total. The van der Waals surface area contributed by atoms with Crippen LogP contribution in [0.5, 0.6) is 0 Å². The standard InChI is InChI=1S/C12H16N4O2/c1-6-7(2)14-16(9(6)4)11-10(12(17)18)8(3)13-15(11)5/h1-5H3,(H,17,18). The van der Waals surface area contributed by atoms with Gasteiger partial charge < -0.3 is 5.11 Å². The summed E-state index contributed by atoms with van der Waals surface area (Å²) in [5.41, 5.74) is 3.57. The highest BCUT2D eigenvalue weighted by Gasteiger charge is 2.23. The van der Waals surface area contributed by atoms with E-state index >= 15 is 0 Å². The lowest BCUT2D eigenvalue weighted by Gasteiger charge is -2.06. The molecule has 2 aromatic heterocycles. The maximum Gasteiger partial charge on any atom is 0.341 e. The molecular weight excluding hydrogens is 232 g/mol. The normalized spacial score (nSPS) is 10.9. The number of carboxylic acid groups (broad SMARTS) is 1. The van der Waals surface area contributed by atoms with E-state index in [9.17, 15) is 9.90 Å². The van der Waals surface area contributed by atoms with E-state index in [1.165, 1.54) is 0 Å². The number of aryl methyl sites for hydroxylation is 3. The molecule has 0 saturated heterocycles. The van der Waals surface area contributed by atoms with Crippen LogP contribution in [0, 0.1) is 27.7 Å². The molecule has 0 fully saturated rings. The molecule has 0 bridgehead atoms. The number of carboxylic acids is 1. The Bertz CT molecular complexity index is 637. The number of aromatic nitrogens is 4. The second-order valence-electron chi connectivity index (χ2n) is 4.42. The van der Waals surface area contributed by atoms with E-state index < -0.39 is 5.97 Å². The Morgan fingerprint density at radius 1 is 1.11 bits per heavy atom. The minimum absolute atomic E-state index is 0.197. The summed E-state index contributed by atoms with van der Waals surface area (Å²) in [5.74, 6) is -0.491. The van der Waals surface area contributed by atoms with Gasteiger partial charge >= 0.3 is 5.97 Å². The highest BCUT2D eigenvalue weighted by molar-refractivity contribution is 5.92. The first-order valence-corrected chi connectivity index (χ1v) is 5.64. The van der Waals surface area contributed by atoms with E-state index in [0.717, 1.165) is 17.0 Å². The van der Waals surface area contributed by atoms with Crippen molar-refractivity contribution in [3.63, 3.8) is 0 Å². The van der Waals surface area contributed by atoms with Crippen LogP contribution in [0.3, 0.4) is 0 Å². The van der Waals surface area contributed by atoms with Gasteiger partial charge in [-0.2, -0.15) is 10.2 Å². The Morgan fingerprint density at radius 2 is 1.72 bits per heavy atom. The van der Waals surface area contributed by atoms with Crippen molar-refractivity contribution in [2.24, 2.45) is 7.05 Å². The van der Waals surface area contributed by atoms with Gasteiger partial charge in [0.25, 0.3) is 0 Å². The van der Waals surface area contributed by atoms with Crippen molar-refractivity contribution < 1.29 is 9.90 Å². The van der Waals surface area contributed by atoms with Crippen molar-refractivity contribution in [2.75, 3.05) is 0 Å². The van der Waals surface area contributed by atoms with Crippen molar-refractivity contribution in [1.29, 1.82) is 0 Å². The zero-order chi connectivity index (χ0) is 13.6. The smallest absolute Gasteiger partial charge is 0.341 e. The first-order chi connectivity index (χ1) is 8.34. The van der Waals surface area contributed by atoms with Crippen molar-refractivity contribution in [3.05, 3.63) is 28.2 Å². The molecule has 18 heavy (non-hydrogen) atoms. The van der Waals surface area contributed by atoms with Gasteiger partial charge in [-0.25, -0.2) is 14.2 Å². The van der Waals surface area contributed by atoms with Crippen molar-refractivity contribution in [3.8, 4) is 5.82 Å². The van der Waals surface area contributed by atoms with E-state index in [4.69, 9.17) is 0 Å². The number of aromatic carboxylic acids is 1. The molecule has 0 unspecified atom stereocenters. The third-order valence-electron chi connectivity index (χ3n) is 3.26. The topological polar surface area (TPSA) is 72.9 Å². The molecule has 2 rings (SSSR count). The summed E-state index contributed by atoms with van der Waals surface area (Å²) in [7, 11) is 1.72. The van der Waals surface area contributed by atoms with Crippen LogP contribution in [-0.4, -0.2) is 30.6 Å². The second-order valence-corrected chi connectivity index (χ2v) is 4.42. The lowest BCUT2D eigenvalue weighted by Crippen LogP contribution is -2.11. The summed E-state index contributed by atoms with van der Waals surface area (Å²) in [6, 6.07) is 0. The fraction of sp³-hybridized carbons (Fsp3) is 0.417. The summed E-state index contributed by atoms with van der Waals surface area (Å²) in [4.78, 5) is 11.3. The summed E-state index contributed by atoms with van der Waals surface area (Å²) >= 11 is 0. The molecular formula is C12H16N4O2. The van der Waals surface area contributed by atoms with Crippen molar-refractivity contribution in [2.45, 2.75) is 27.7 Å². The maximum atomic E-state index is 11.3. The molecule has 0 amide bonds. The Labute approximate surface area is 105 Å². The number of hydrogen-bond acceptors (Lipinski definition) is 3. The van der Waals surface area contributed by atoms with Gasteiger partial charge in [-0.3, -0.25) is 0 Å². The molecule has 0 atom stereocenters. The molecule has 0 aromatic carbocycles. The Balaban J connectivity index is 2.78. The van der Waals surface area contributed by atoms with Crippen LogP contribution in [0.2, 0.25) is 0 Å². The predicted molar refractivity (Wildman–Crippen MR) is 66.2 cm³/mol. The highest BCUT2D eigenvalue weighted by atomic mass is 16.4. The van der Waals surface area contributed by atoms with E-state index in [1.807, 2.05) is 20.8 Å². The molecule has 0 spiro atoms. The zero-order valence-corrected chi connectivity index (χ0v) is 11.1. The lowest BCUT2D eigenvalue weighted by molar-refractivity contribution is 0.0696. The highest BCUT2D eigenvalue weighted by Crippen LogP contribution is 2.21. The molecule has 96 valence electrons. The molecule has 2 heterocycles. The van der Waals surface area contributed by atoms with Crippen LogP contribution in [0.1, 0.15) is 33.0 Å². The molecule has 0 aliphatic carbocycles. The van der Waals surface area contributed by atoms with Gasteiger partial charge in [0.1, 0.15) is 5.56 Å². The molecule has 0 radical (unpaired) electrons. The van der Waals surface area contributed by atoms with Gasteiger partial charge in [0.2, 0.25) is 0 Å². The summed E-state index contributed by atoms with van der Waals surface area (Å²) in [6.07, 6.45) is 0. The Hall–Kier alpha value is -2.11. The predicted octanol–water partition coefficient (Wildman–Crippen LogP) is 1.54. The average molecular weight is 248 g/mol. The fourth-order valence-electron chi connectivity index (χ4n) is 2.07. The van der Waals surface area contributed by atoms with Gasteiger partial charge in [0.15, 0.2) is 5.82 Å². The summed E-state index contributed by atoms with van der Waals surface area (Å²) in [5, 5.41) is 17.8. The van der Waals surface area contributed by atoms with Crippen LogP contribution in [-0.2, 0) is 7.05 Å². The third-order valence-corrected chi connectivity index (χ3v) is 3.26. The van der Waals surface area contributed by atoms with Gasteiger partial charge in [-0.05, 0) is 33.3 Å². The number of carbonyl (C=O) groups is 1. The summed E-state index contributed by atoms with van der Waals surface area (Å²) in [6.45, 7) is 7.48. The van der Waals surface area contributed by atoms with Crippen LogP contribution in [0.4, 0.5) is 0 Å². The fourth-order valence-corrected chi connectivity index (χ4v) is 2.07. The molecule has 6 nitrogen and oxygen atoms in total. The maximum absolute atomic E-state index is 11.3. The third kappa shape index (κ3) is 1.61. The van der Waals surface area contributed by atoms with Crippen LogP contribution >= 0.6 is 0 Å². The molecule has 0 saturated carbocycles. The lowest BCUT2D eigenvalue weighted by atomic mass is 10.2. The van der Waals surface area contributed by atoms with Gasteiger partial charge in [-0.15, -0.1) is 0 Å². The second kappa shape index (κ2) is 3.97. The molecule has 0 aliphatic rings. The first kappa shape index (κ1) is 12.3. The Kier molecular flexibility index (Phi) is 2.73. The van der Waals surface area contributed by atoms with E-state index in [2.05, 4.69) is 10.2 Å². The van der Waals surface area contributed by atoms with Gasteiger partial charge in [0, 0.05) is 12.7 Å². The first-order valence-electron chi connectivity index (χ1n) is 5.64. The quantitative estimate of drug-likeness (QED) is 0.874. The minimum Gasteiger partial charge on any atom is -0.477 e. The van der Waals surface area contributed by atoms with Gasteiger partial charge in [0.05, 0.1) is 11.4 Å². The van der Waals surface area contributed by atoms with Crippen molar-refractivity contribution in [1.82, 2.24) is 19.6 Å². The Morgan fingerprint density at radius 3 is 2.17 bits per heavy atom. The largest absolute Gasteiger partial charge is 0.477 e. The number of hydrogen-bond donors (Lipinski definition) is 1. The SMILES string of the molecule is Cc1nn(-c2c(C(=O)O)c(C)nn2C)c(C)c1C. The van der Waals surface area contributed by atoms with Crippen molar-refractivity contribution >= 4 is 5.97 Å². The molecule has 6 heteroatoms. The number of rotatable bonds is 2. The molecule has 0 aliphatic heterocycles. The van der Waals surface area contributed by atoms with E-state index in [1.54, 1.807) is 23.3 Å². The average Bonchev–Trinajstić information content (AvgIpc) is 2.70. The van der Waals surface area contributed by atoms with Crippen LogP contribution in [0.25, 0.3) is 5.82 Å². The zero-order valence-electron chi connectivity index (χ0n) is 11.1. The van der Waals surface area contributed by atoms with Gasteiger partial charge in [-0.1, -0.05) is 0 Å². The van der Waals surface area contributed by atoms with E-state index in [-0.39, 0.29) is 5.56 Å². The molecule has 2 aromatic rings. The summed E-state index contributed by atoms with van der Waals surface area (Å²) < 4.78 is 3.20. The van der Waals surface area contributed by atoms with Crippen LogP contribution < -0.4 is 0 Å². The van der Waals surface area contributed by atoms with Crippen LogP contribution in [0.15, 0.2) is 0 Å². The van der Waals surface area contributed by atoms with E-state index in [0.29, 0.717) is 11.5 Å². The monoisotopic (exact) mass is 248 g/mol. The number of nitrogens with zero attached hydrogens (tertiary/aromatic N) is 4. The minimum atomic E-state index is -0.985.